The maximum absolute atomic E-state index is 11.9. The molecule has 1 aliphatic rings. The number of carboxylic acid groups (broad SMARTS) is 1. The van der Waals surface area contributed by atoms with Crippen LogP contribution in [0.1, 0.15) is 22.8 Å². The van der Waals surface area contributed by atoms with E-state index in [-0.39, 0.29) is 5.56 Å². The van der Waals surface area contributed by atoms with Gasteiger partial charge in [0.2, 0.25) is 0 Å². The molecule has 18 heavy (non-hydrogen) atoms. The van der Waals surface area contributed by atoms with Gasteiger partial charge in [0.05, 0.1) is 11.3 Å². The van der Waals surface area contributed by atoms with Crippen molar-refractivity contribution >= 4 is 21.9 Å². The quantitative estimate of drug-likeness (QED) is 0.839. The third kappa shape index (κ3) is 2.19. The topological polar surface area (TPSA) is 86.7 Å². The van der Waals surface area contributed by atoms with Gasteiger partial charge in [-0.15, -0.1) is 0 Å². The highest BCUT2D eigenvalue weighted by molar-refractivity contribution is 7.90. The van der Waals surface area contributed by atoms with E-state index in [0.717, 1.165) is 5.56 Å². The zero-order valence-corrected chi connectivity index (χ0v) is 10.7. The van der Waals surface area contributed by atoms with Crippen LogP contribution >= 0.6 is 0 Å². The maximum Gasteiger partial charge on any atom is 0.335 e. The van der Waals surface area contributed by atoms with Gasteiger partial charge in [0.1, 0.15) is 0 Å². The van der Waals surface area contributed by atoms with Crippen molar-refractivity contribution in [2.75, 3.05) is 17.4 Å². The second-order valence-electron chi connectivity index (χ2n) is 3.97. The van der Waals surface area contributed by atoms with E-state index in [1.807, 2.05) is 0 Å². The van der Waals surface area contributed by atoms with Crippen LogP contribution in [0.5, 0.6) is 0 Å². The van der Waals surface area contributed by atoms with Gasteiger partial charge in [-0.1, -0.05) is 6.92 Å². The van der Waals surface area contributed by atoms with Crippen molar-refractivity contribution in [2.45, 2.75) is 13.3 Å². The molecule has 0 fully saturated rings. The van der Waals surface area contributed by atoms with Crippen LogP contribution in [0.25, 0.3) is 0 Å². The lowest BCUT2D eigenvalue weighted by Gasteiger charge is -2.19. The minimum atomic E-state index is -3.52. The van der Waals surface area contributed by atoms with E-state index in [2.05, 4.69) is 4.72 Å². The molecule has 0 unspecified atom stereocenters. The number of fused-ring (bicyclic) bond motifs is 1. The summed E-state index contributed by atoms with van der Waals surface area (Å²) < 4.78 is 27.5. The summed E-state index contributed by atoms with van der Waals surface area (Å²) in [6, 6.07) is 4.49. The fourth-order valence-corrected chi connectivity index (χ4v) is 3.30. The minimum absolute atomic E-state index is 0.177. The Kier molecular flexibility index (Phi) is 3.27. The van der Waals surface area contributed by atoms with Crippen LogP contribution in [0, 0.1) is 0 Å². The number of benzene rings is 1. The van der Waals surface area contributed by atoms with E-state index in [4.69, 9.17) is 5.11 Å². The smallest absolute Gasteiger partial charge is 0.335 e. The molecule has 0 amide bonds. The van der Waals surface area contributed by atoms with Gasteiger partial charge in [-0.25, -0.2) is 4.79 Å². The van der Waals surface area contributed by atoms with Gasteiger partial charge >= 0.3 is 16.2 Å². The molecule has 1 aromatic rings. The van der Waals surface area contributed by atoms with Crippen molar-refractivity contribution < 1.29 is 18.3 Å². The summed E-state index contributed by atoms with van der Waals surface area (Å²) in [5.41, 5.74) is 1.48. The number of nitrogens with one attached hydrogen (secondary N) is 1. The Morgan fingerprint density at radius 2 is 2.22 bits per heavy atom. The molecular weight excluding hydrogens is 256 g/mol. The molecule has 0 spiro atoms. The first-order chi connectivity index (χ1) is 8.45. The van der Waals surface area contributed by atoms with Gasteiger partial charge in [0.15, 0.2) is 0 Å². The predicted octanol–water partition coefficient (Wildman–Crippen LogP) is 0.602. The van der Waals surface area contributed by atoms with Gasteiger partial charge < -0.3 is 5.11 Å². The summed E-state index contributed by atoms with van der Waals surface area (Å²) in [7, 11) is -3.52. The molecule has 98 valence electrons. The van der Waals surface area contributed by atoms with Crippen LogP contribution in [-0.4, -0.2) is 32.6 Å². The SMILES string of the molecule is CCNS(=O)(=O)N1CCc2cc(C(=O)O)ccc21. The summed E-state index contributed by atoms with van der Waals surface area (Å²) in [4.78, 5) is 10.8. The Morgan fingerprint density at radius 1 is 1.50 bits per heavy atom. The Bertz CT molecular complexity index is 583. The van der Waals surface area contributed by atoms with Gasteiger partial charge in [-0.3, -0.25) is 4.31 Å². The number of carboxylic acids is 1. The summed E-state index contributed by atoms with van der Waals surface area (Å²) >= 11 is 0. The van der Waals surface area contributed by atoms with Gasteiger partial charge in [-0.05, 0) is 30.2 Å². The van der Waals surface area contributed by atoms with Gasteiger partial charge in [0, 0.05) is 13.1 Å². The molecule has 7 heteroatoms. The monoisotopic (exact) mass is 270 g/mol. The van der Waals surface area contributed by atoms with E-state index in [1.54, 1.807) is 13.0 Å². The first-order valence-electron chi connectivity index (χ1n) is 5.59. The molecule has 6 nitrogen and oxygen atoms in total. The van der Waals surface area contributed by atoms with Crippen LogP contribution in [0.4, 0.5) is 5.69 Å². The molecule has 2 N–H and O–H groups in total. The van der Waals surface area contributed by atoms with Crippen LogP contribution in [-0.2, 0) is 16.6 Å². The summed E-state index contributed by atoms with van der Waals surface area (Å²) in [5, 5.41) is 8.88. The maximum atomic E-state index is 11.9. The number of hydrogen-bond acceptors (Lipinski definition) is 3. The molecule has 1 heterocycles. The number of nitrogens with zero attached hydrogens (tertiary/aromatic N) is 1. The van der Waals surface area contributed by atoms with E-state index in [1.165, 1.54) is 16.4 Å². The zero-order valence-electron chi connectivity index (χ0n) is 9.88. The Morgan fingerprint density at radius 3 is 2.83 bits per heavy atom. The van der Waals surface area contributed by atoms with Crippen LogP contribution in [0.15, 0.2) is 18.2 Å². The summed E-state index contributed by atoms with van der Waals surface area (Å²) in [5.74, 6) is -1.01. The number of anilines is 1. The molecule has 2 rings (SSSR count). The number of aromatic carboxylic acids is 1. The lowest BCUT2D eigenvalue weighted by molar-refractivity contribution is 0.0697. The minimum Gasteiger partial charge on any atom is -0.478 e. The lowest BCUT2D eigenvalue weighted by Crippen LogP contribution is -2.39. The zero-order chi connectivity index (χ0) is 13.3. The standard InChI is InChI=1S/C11H14N2O4S/c1-2-12-18(16,17)13-6-5-8-7-9(11(14)15)3-4-10(8)13/h3-4,7,12H,2,5-6H2,1H3,(H,14,15). The second-order valence-corrected chi connectivity index (χ2v) is 5.65. The number of rotatable bonds is 4. The third-order valence-electron chi connectivity index (χ3n) is 2.80. The molecule has 0 aliphatic carbocycles. The highest BCUT2D eigenvalue weighted by Crippen LogP contribution is 2.30. The average Bonchev–Trinajstić information content (AvgIpc) is 2.71. The molecule has 1 aromatic carbocycles. The van der Waals surface area contributed by atoms with E-state index >= 15 is 0 Å². The fourth-order valence-electron chi connectivity index (χ4n) is 2.01. The summed E-state index contributed by atoms with van der Waals surface area (Å²) in [6.07, 6.45) is 0.529. The highest BCUT2D eigenvalue weighted by atomic mass is 32.2. The second kappa shape index (κ2) is 4.58. The van der Waals surface area contributed by atoms with E-state index < -0.39 is 16.2 Å². The lowest BCUT2D eigenvalue weighted by atomic mass is 10.1. The van der Waals surface area contributed by atoms with Crippen molar-refractivity contribution in [3.05, 3.63) is 29.3 Å². The molecule has 0 saturated carbocycles. The van der Waals surface area contributed by atoms with Gasteiger partial charge in [-0.2, -0.15) is 13.1 Å². The molecule has 0 saturated heterocycles. The summed E-state index contributed by atoms with van der Waals surface area (Å²) in [6.45, 7) is 2.37. The Balaban J connectivity index is 2.38. The molecular formula is C11H14N2O4S. The molecule has 1 aliphatic heterocycles. The van der Waals surface area contributed by atoms with E-state index in [9.17, 15) is 13.2 Å². The van der Waals surface area contributed by atoms with Crippen molar-refractivity contribution in [1.82, 2.24) is 4.72 Å². The first-order valence-corrected chi connectivity index (χ1v) is 7.03. The van der Waals surface area contributed by atoms with Crippen LogP contribution in [0.2, 0.25) is 0 Å². The largest absolute Gasteiger partial charge is 0.478 e. The van der Waals surface area contributed by atoms with Crippen LogP contribution < -0.4 is 9.03 Å². The van der Waals surface area contributed by atoms with E-state index in [0.29, 0.717) is 25.2 Å². The highest BCUT2D eigenvalue weighted by Gasteiger charge is 2.29. The molecule has 0 atom stereocenters. The van der Waals surface area contributed by atoms with Gasteiger partial charge in [0.25, 0.3) is 0 Å². The number of carbonyl (C=O) groups is 1. The fraction of sp³-hybridized carbons (Fsp3) is 0.364. The predicted molar refractivity (Wildman–Crippen MR) is 67.0 cm³/mol. The Labute approximate surface area is 105 Å². The van der Waals surface area contributed by atoms with Crippen molar-refractivity contribution in [2.24, 2.45) is 0 Å². The van der Waals surface area contributed by atoms with Crippen molar-refractivity contribution in [1.29, 1.82) is 0 Å². The van der Waals surface area contributed by atoms with Crippen molar-refractivity contribution in [3.63, 3.8) is 0 Å². The first kappa shape index (κ1) is 12.8. The molecule has 0 aromatic heterocycles. The average molecular weight is 270 g/mol. The van der Waals surface area contributed by atoms with Crippen LogP contribution in [0.3, 0.4) is 0 Å². The Hall–Kier alpha value is -1.60. The number of hydrogen-bond donors (Lipinski definition) is 2. The van der Waals surface area contributed by atoms with Crippen molar-refractivity contribution in [3.8, 4) is 0 Å². The third-order valence-corrected chi connectivity index (χ3v) is 4.41. The normalized spacial score (nSPS) is 14.6. The molecule has 0 radical (unpaired) electrons. The molecule has 0 bridgehead atoms.